The van der Waals surface area contributed by atoms with E-state index in [-0.39, 0.29) is 41.6 Å². The number of nitrogens with zero attached hydrogens (tertiary/aromatic N) is 1. The summed E-state index contributed by atoms with van der Waals surface area (Å²) >= 11 is 6.16. The molecule has 37 heavy (non-hydrogen) atoms. The summed E-state index contributed by atoms with van der Waals surface area (Å²) in [4.78, 5) is -0.534. The van der Waals surface area contributed by atoms with Crippen LogP contribution in [0.4, 0.5) is 23.2 Å². The average Bonchev–Trinajstić information content (AvgIpc) is 2.83. The largest absolute Gasteiger partial charge is 0.486 e. The first kappa shape index (κ1) is 27.0. The van der Waals surface area contributed by atoms with Crippen molar-refractivity contribution in [1.29, 1.82) is 0 Å². The van der Waals surface area contributed by atoms with Crippen molar-refractivity contribution in [2.24, 2.45) is 0 Å². The van der Waals surface area contributed by atoms with Gasteiger partial charge in [0, 0.05) is 18.6 Å². The lowest BCUT2D eigenvalue weighted by molar-refractivity contribution is -0.137. The SMILES string of the molecule is C/C(=C\c1ccc2c(c1)N(S(=O)(=O)c1cccc(C(F)(F)F)c1)C[C@H](CCO)O2)c1c(F)cccc1Cl. The Hall–Kier alpha value is -3.08. The van der Waals surface area contributed by atoms with Gasteiger partial charge in [0.25, 0.3) is 10.0 Å². The van der Waals surface area contributed by atoms with Crippen molar-refractivity contribution in [3.8, 4) is 5.75 Å². The lowest BCUT2D eigenvalue weighted by Gasteiger charge is -2.35. The number of ether oxygens (including phenoxy) is 1. The number of sulfonamides is 1. The van der Waals surface area contributed by atoms with Gasteiger partial charge >= 0.3 is 6.18 Å². The molecule has 1 N–H and O–H groups in total. The van der Waals surface area contributed by atoms with Gasteiger partial charge in [0.1, 0.15) is 17.7 Å². The van der Waals surface area contributed by atoms with Gasteiger partial charge in [-0.2, -0.15) is 13.2 Å². The Morgan fingerprint density at radius 3 is 2.57 bits per heavy atom. The zero-order valence-electron chi connectivity index (χ0n) is 19.5. The second kappa shape index (κ2) is 10.4. The highest BCUT2D eigenvalue weighted by molar-refractivity contribution is 7.92. The van der Waals surface area contributed by atoms with Gasteiger partial charge in [0.15, 0.2) is 0 Å². The molecule has 0 saturated carbocycles. The maximum Gasteiger partial charge on any atom is 0.416 e. The Morgan fingerprint density at radius 1 is 1.16 bits per heavy atom. The molecular formula is C26H22ClF4NO4S. The minimum absolute atomic E-state index is 0.104. The molecule has 196 valence electrons. The third-order valence-electron chi connectivity index (χ3n) is 5.86. The summed E-state index contributed by atoms with van der Waals surface area (Å²) in [7, 11) is -4.45. The van der Waals surface area contributed by atoms with Crippen LogP contribution in [0.5, 0.6) is 5.75 Å². The maximum atomic E-state index is 14.4. The van der Waals surface area contributed by atoms with Crippen LogP contribution in [0.25, 0.3) is 11.6 Å². The van der Waals surface area contributed by atoms with Crippen LogP contribution in [0, 0.1) is 5.82 Å². The monoisotopic (exact) mass is 555 g/mol. The van der Waals surface area contributed by atoms with Crippen molar-refractivity contribution in [3.05, 3.63) is 88.2 Å². The van der Waals surface area contributed by atoms with Crippen LogP contribution in [0.2, 0.25) is 5.02 Å². The average molecular weight is 556 g/mol. The number of alkyl halides is 3. The van der Waals surface area contributed by atoms with Crippen molar-refractivity contribution in [2.45, 2.75) is 30.5 Å². The summed E-state index contributed by atoms with van der Waals surface area (Å²) in [6.45, 7) is 1.15. The lowest BCUT2D eigenvalue weighted by atomic mass is 10.0. The van der Waals surface area contributed by atoms with Crippen molar-refractivity contribution in [1.82, 2.24) is 0 Å². The highest BCUT2D eigenvalue weighted by Gasteiger charge is 2.37. The molecule has 0 unspecified atom stereocenters. The predicted octanol–water partition coefficient (Wildman–Crippen LogP) is 6.40. The quantitative estimate of drug-likeness (QED) is 0.282. The van der Waals surface area contributed by atoms with E-state index >= 15 is 0 Å². The second-order valence-corrected chi connectivity index (χ2v) is 10.7. The van der Waals surface area contributed by atoms with E-state index in [4.69, 9.17) is 16.3 Å². The molecular weight excluding hydrogens is 534 g/mol. The standard InChI is InChI=1S/C26H22ClF4NO4S/c1-16(25-21(27)6-3-7-22(25)28)12-17-8-9-24-23(13-17)32(15-19(36-24)10-11-33)37(34,35)20-5-2-4-18(14-20)26(29,30)31/h2-9,12-14,19,33H,10-11,15H2,1H3/b16-12+/t19-/m0/s1. The molecule has 3 aromatic carbocycles. The van der Waals surface area contributed by atoms with Gasteiger partial charge in [-0.15, -0.1) is 0 Å². The third-order valence-corrected chi connectivity index (χ3v) is 7.95. The molecule has 3 aromatic rings. The number of hydrogen-bond acceptors (Lipinski definition) is 4. The molecule has 0 fully saturated rings. The van der Waals surface area contributed by atoms with Crippen molar-refractivity contribution < 1.29 is 35.8 Å². The fourth-order valence-corrected chi connectivity index (χ4v) is 5.95. The number of aliphatic hydroxyl groups excluding tert-OH is 1. The van der Waals surface area contributed by atoms with Crippen LogP contribution in [0.1, 0.15) is 30.0 Å². The third kappa shape index (κ3) is 5.61. The van der Waals surface area contributed by atoms with E-state index in [0.717, 1.165) is 22.5 Å². The summed E-state index contributed by atoms with van der Waals surface area (Å²) in [6.07, 6.45) is -3.73. The highest BCUT2D eigenvalue weighted by atomic mass is 35.5. The predicted molar refractivity (Wildman–Crippen MR) is 133 cm³/mol. The lowest BCUT2D eigenvalue weighted by Crippen LogP contribution is -2.44. The van der Waals surface area contributed by atoms with E-state index < -0.39 is 38.6 Å². The Bertz CT molecular complexity index is 1440. The molecule has 11 heteroatoms. The van der Waals surface area contributed by atoms with Crippen molar-refractivity contribution in [2.75, 3.05) is 17.5 Å². The molecule has 0 spiro atoms. The zero-order chi connectivity index (χ0) is 27.0. The minimum Gasteiger partial charge on any atom is -0.486 e. The molecule has 0 aromatic heterocycles. The van der Waals surface area contributed by atoms with Gasteiger partial charge in [-0.3, -0.25) is 4.31 Å². The summed E-state index contributed by atoms with van der Waals surface area (Å²) in [5, 5.41) is 9.58. The van der Waals surface area contributed by atoms with Gasteiger partial charge in [0.2, 0.25) is 0 Å². The molecule has 1 heterocycles. The fraction of sp³-hybridized carbons (Fsp3) is 0.231. The molecule has 1 aliphatic heterocycles. The topological polar surface area (TPSA) is 66.8 Å². The Labute approximate surface area is 216 Å². The number of benzene rings is 3. The van der Waals surface area contributed by atoms with Crippen molar-refractivity contribution >= 4 is 39.0 Å². The first-order valence-corrected chi connectivity index (χ1v) is 13.0. The van der Waals surface area contributed by atoms with Gasteiger partial charge in [-0.05, 0) is 60.5 Å². The van der Waals surface area contributed by atoms with Crippen LogP contribution in [0.3, 0.4) is 0 Å². The van der Waals surface area contributed by atoms with E-state index in [1.165, 1.54) is 24.3 Å². The second-order valence-electron chi connectivity index (χ2n) is 8.47. The molecule has 4 rings (SSSR count). The number of fused-ring (bicyclic) bond motifs is 1. The maximum absolute atomic E-state index is 14.4. The summed E-state index contributed by atoms with van der Waals surface area (Å²) in [5.74, 6) is -0.345. The van der Waals surface area contributed by atoms with E-state index in [2.05, 4.69) is 0 Å². The number of anilines is 1. The molecule has 0 amide bonds. The van der Waals surface area contributed by atoms with E-state index in [9.17, 15) is 31.1 Å². The zero-order valence-corrected chi connectivity index (χ0v) is 21.0. The first-order valence-electron chi connectivity index (χ1n) is 11.2. The number of hydrogen-bond donors (Lipinski definition) is 1. The Morgan fingerprint density at radius 2 is 1.89 bits per heavy atom. The molecule has 1 atom stereocenters. The number of aliphatic hydroxyl groups is 1. The van der Waals surface area contributed by atoms with Crippen LogP contribution in [-0.4, -0.2) is 32.8 Å². The first-order chi connectivity index (χ1) is 17.4. The van der Waals surface area contributed by atoms with Crippen LogP contribution >= 0.6 is 11.6 Å². The van der Waals surface area contributed by atoms with E-state index in [1.807, 2.05) is 0 Å². The number of rotatable bonds is 6. The van der Waals surface area contributed by atoms with E-state index in [0.29, 0.717) is 17.2 Å². The number of allylic oxidation sites excluding steroid dienone is 1. The van der Waals surface area contributed by atoms with Crippen LogP contribution in [-0.2, 0) is 16.2 Å². The van der Waals surface area contributed by atoms with Gasteiger partial charge in [-0.1, -0.05) is 35.9 Å². The number of halogens is 5. The summed E-state index contributed by atoms with van der Waals surface area (Å²) < 4.78 is 88.2. The van der Waals surface area contributed by atoms with Gasteiger partial charge < -0.3 is 9.84 Å². The molecule has 0 radical (unpaired) electrons. The Balaban J connectivity index is 1.81. The molecule has 0 aliphatic carbocycles. The molecule has 5 nitrogen and oxygen atoms in total. The minimum atomic E-state index is -4.72. The summed E-state index contributed by atoms with van der Waals surface area (Å²) in [6, 6.07) is 12.4. The van der Waals surface area contributed by atoms with Crippen LogP contribution in [0.15, 0.2) is 65.6 Å². The Kier molecular flexibility index (Phi) is 7.55. The van der Waals surface area contributed by atoms with Gasteiger partial charge in [-0.25, -0.2) is 12.8 Å². The molecule has 1 aliphatic rings. The van der Waals surface area contributed by atoms with Crippen LogP contribution < -0.4 is 9.04 Å². The normalized spacial score (nSPS) is 16.4. The molecule has 0 saturated heterocycles. The highest BCUT2D eigenvalue weighted by Crippen LogP contribution is 2.40. The summed E-state index contributed by atoms with van der Waals surface area (Å²) in [5.41, 5.74) is 0.166. The van der Waals surface area contributed by atoms with E-state index in [1.54, 1.807) is 25.1 Å². The smallest absolute Gasteiger partial charge is 0.416 e. The van der Waals surface area contributed by atoms with Crippen molar-refractivity contribution in [3.63, 3.8) is 0 Å². The molecule has 0 bridgehead atoms. The van der Waals surface area contributed by atoms with Gasteiger partial charge in [0.05, 0.1) is 27.7 Å². The fourth-order valence-electron chi connectivity index (χ4n) is 4.10.